The molecule has 2 aliphatic carbocycles. The molecule has 2 aromatic heterocycles. The maximum atomic E-state index is 4.43. The van der Waals surface area contributed by atoms with Crippen LogP contribution in [0.1, 0.15) is 59.3 Å². The summed E-state index contributed by atoms with van der Waals surface area (Å²) in [6.07, 6.45) is 13.1. The lowest BCUT2D eigenvalue weighted by atomic mass is 9.86. The average molecular weight is 364 g/mol. The SMILES string of the molecule is C=C/N=C\c1c(C)c2cccc3c4c(c5c6c(n1c5c23)C=CCC6C)CCC4. The number of nitrogens with zero attached hydrogens (tertiary/aromatic N) is 2. The minimum atomic E-state index is 0.550. The monoisotopic (exact) mass is 364 g/mol. The van der Waals surface area contributed by atoms with Crippen LogP contribution in [0.2, 0.25) is 0 Å². The van der Waals surface area contributed by atoms with E-state index in [0.717, 1.165) is 6.42 Å². The van der Waals surface area contributed by atoms with E-state index in [1.165, 1.54) is 63.3 Å². The Morgan fingerprint density at radius 3 is 2.82 bits per heavy atom. The summed E-state index contributed by atoms with van der Waals surface area (Å²) in [7, 11) is 0. The molecule has 1 atom stereocenters. The fourth-order valence-electron chi connectivity index (χ4n) is 5.84. The Labute approximate surface area is 165 Å². The van der Waals surface area contributed by atoms with E-state index in [2.05, 4.69) is 60.2 Å². The lowest BCUT2D eigenvalue weighted by Gasteiger charge is -2.17. The average Bonchev–Trinajstić information content (AvgIpc) is 3.31. The normalized spacial score (nSPS) is 18.7. The Bertz CT molecular complexity index is 1350. The Morgan fingerprint density at radius 1 is 1.14 bits per heavy atom. The van der Waals surface area contributed by atoms with Crippen LogP contribution < -0.4 is 0 Å². The molecule has 0 amide bonds. The molecule has 0 spiro atoms. The van der Waals surface area contributed by atoms with Gasteiger partial charge in [-0.2, -0.15) is 0 Å². The molecule has 2 heteroatoms. The van der Waals surface area contributed by atoms with Gasteiger partial charge in [-0.25, -0.2) is 0 Å². The molecule has 2 aliphatic rings. The number of pyridine rings is 1. The van der Waals surface area contributed by atoms with Crippen LogP contribution in [-0.4, -0.2) is 10.6 Å². The van der Waals surface area contributed by atoms with Gasteiger partial charge in [0.05, 0.1) is 23.1 Å². The van der Waals surface area contributed by atoms with Gasteiger partial charge < -0.3 is 4.40 Å². The second-order valence-corrected chi connectivity index (χ2v) is 8.41. The number of allylic oxidation sites excluding steroid dienone is 1. The summed E-state index contributed by atoms with van der Waals surface area (Å²) in [6, 6.07) is 6.86. The zero-order valence-corrected chi connectivity index (χ0v) is 16.5. The predicted octanol–water partition coefficient (Wildman–Crippen LogP) is 6.56. The summed E-state index contributed by atoms with van der Waals surface area (Å²) in [5, 5.41) is 5.81. The molecular weight excluding hydrogens is 340 g/mol. The van der Waals surface area contributed by atoms with E-state index in [1.807, 2.05) is 6.21 Å². The van der Waals surface area contributed by atoms with Crippen molar-refractivity contribution >= 4 is 39.4 Å². The number of aliphatic imine (C=N–C) groups is 1. The van der Waals surface area contributed by atoms with Gasteiger partial charge in [-0.15, -0.1) is 0 Å². The van der Waals surface area contributed by atoms with Gasteiger partial charge >= 0.3 is 0 Å². The number of hydrogen-bond acceptors (Lipinski definition) is 1. The quantitative estimate of drug-likeness (QED) is 0.358. The minimum Gasteiger partial charge on any atom is -0.307 e. The second kappa shape index (κ2) is 5.57. The highest BCUT2D eigenvalue weighted by molar-refractivity contribution is 6.21. The molecular formula is C26H24N2. The van der Waals surface area contributed by atoms with E-state index in [4.69, 9.17) is 0 Å². The number of benzene rings is 2. The van der Waals surface area contributed by atoms with Crippen molar-refractivity contribution in [2.75, 3.05) is 0 Å². The number of rotatable bonds is 2. The van der Waals surface area contributed by atoms with Crippen molar-refractivity contribution in [3.8, 4) is 0 Å². The Balaban J connectivity index is 1.99. The fraction of sp³-hybridized carbons (Fsp3) is 0.269. The largest absolute Gasteiger partial charge is 0.307 e. The third-order valence-corrected chi connectivity index (χ3v) is 6.98. The zero-order valence-electron chi connectivity index (χ0n) is 16.5. The molecule has 0 bridgehead atoms. The Morgan fingerprint density at radius 2 is 1.96 bits per heavy atom. The highest BCUT2D eigenvalue weighted by Gasteiger charge is 2.30. The van der Waals surface area contributed by atoms with Crippen LogP contribution in [0.15, 0.2) is 42.0 Å². The van der Waals surface area contributed by atoms with Crippen molar-refractivity contribution in [3.63, 3.8) is 0 Å². The van der Waals surface area contributed by atoms with Gasteiger partial charge in [0.1, 0.15) is 0 Å². The molecule has 1 unspecified atom stereocenters. The van der Waals surface area contributed by atoms with Crippen LogP contribution in [0.4, 0.5) is 0 Å². The molecule has 2 nitrogen and oxygen atoms in total. The molecule has 4 aromatic rings. The molecule has 28 heavy (non-hydrogen) atoms. The van der Waals surface area contributed by atoms with E-state index in [-0.39, 0.29) is 0 Å². The summed E-state index contributed by atoms with van der Waals surface area (Å²) < 4.78 is 2.49. The van der Waals surface area contributed by atoms with Gasteiger partial charge in [-0.05, 0) is 77.6 Å². The molecule has 0 fully saturated rings. The maximum absolute atomic E-state index is 4.43. The van der Waals surface area contributed by atoms with Gasteiger partial charge in [-0.1, -0.05) is 37.8 Å². The van der Waals surface area contributed by atoms with E-state index in [9.17, 15) is 0 Å². The highest BCUT2D eigenvalue weighted by Crippen LogP contribution is 2.48. The Hall–Kier alpha value is -2.87. The summed E-state index contributed by atoms with van der Waals surface area (Å²) in [5.41, 5.74) is 10.0. The number of aromatic nitrogens is 1. The van der Waals surface area contributed by atoms with Crippen molar-refractivity contribution in [3.05, 3.63) is 70.7 Å². The third kappa shape index (κ3) is 1.81. The summed E-state index contributed by atoms with van der Waals surface area (Å²) >= 11 is 0. The molecule has 0 radical (unpaired) electrons. The van der Waals surface area contributed by atoms with E-state index in [0.29, 0.717) is 5.92 Å². The number of aryl methyl sites for hydroxylation is 3. The lowest BCUT2D eigenvalue weighted by Crippen LogP contribution is -2.05. The first-order valence-electron chi connectivity index (χ1n) is 10.4. The van der Waals surface area contributed by atoms with Gasteiger partial charge in [0, 0.05) is 17.0 Å². The van der Waals surface area contributed by atoms with Gasteiger partial charge in [0.25, 0.3) is 0 Å². The van der Waals surface area contributed by atoms with Gasteiger partial charge in [0.2, 0.25) is 0 Å². The molecule has 0 saturated heterocycles. The van der Waals surface area contributed by atoms with Crippen LogP contribution in [0.25, 0.3) is 33.1 Å². The van der Waals surface area contributed by atoms with E-state index >= 15 is 0 Å². The molecule has 0 N–H and O–H groups in total. The minimum absolute atomic E-state index is 0.550. The summed E-state index contributed by atoms with van der Waals surface area (Å²) in [6.45, 7) is 8.42. The maximum Gasteiger partial charge on any atom is 0.0680 e. The zero-order chi connectivity index (χ0) is 19.0. The number of hydrogen-bond donors (Lipinski definition) is 0. The summed E-state index contributed by atoms with van der Waals surface area (Å²) in [5.74, 6) is 0.550. The predicted molar refractivity (Wildman–Crippen MR) is 120 cm³/mol. The van der Waals surface area contributed by atoms with Crippen molar-refractivity contribution in [2.24, 2.45) is 4.99 Å². The standard InChI is InChI=1S/C26H24N2/c1-4-27-14-22-16(3)17-9-6-11-19-18-10-7-12-20(18)25-23-15(2)8-5-13-21(23)28(22)26(25)24(17)19/h4-6,9,11,13-15H,1,7-8,10,12H2,2-3H3/b27-14-. The van der Waals surface area contributed by atoms with Crippen molar-refractivity contribution in [1.82, 2.24) is 4.40 Å². The van der Waals surface area contributed by atoms with Crippen molar-refractivity contribution in [1.29, 1.82) is 0 Å². The van der Waals surface area contributed by atoms with Crippen LogP contribution in [0.5, 0.6) is 0 Å². The summed E-state index contributed by atoms with van der Waals surface area (Å²) in [4.78, 5) is 4.43. The molecule has 6 rings (SSSR count). The molecule has 138 valence electrons. The molecule has 0 saturated carbocycles. The molecule has 2 aromatic carbocycles. The molecule has 0 aliphatic heterocycles. The highest BCUT2D eigenvalue weighted by atomic mass is 14.9. The first-order chi connectivity index (χ1) is 13.7. The van der Waals surface area contributed by atoms with E-state index < -0.39 is 0 Å². The fourth-order valence-corrected chi connectivity index (χ4v) is 5.84. The smallest absolute Gasteiger partial charge is 0.0680 e. The van der Waals surface area contributed by atoms with Gasteiger partial charge in [0.15, 0.2) is 0 Å². The van der Waals surface area contributed by atoms with Crippen LogP contribution >= 0.6 is 0 Å². The third-order valence-electron chi connectivity index (χ3n) is 6.98. The topological polar surface area (TPSA) is 16.8 Å². The Kier molecular flexibility index (Phi) is 3.21. The van der Waals surface area contributed by atoms with Crippen LogP contribution in [0.3, 0.4) is 0 Å². The second-order valence-electron chi connectivity index (χ2n) is 8.41. The lowest BCUT2D eigenvalue weighted by molar-refractivity contribution is 0.773. The van der Waals surface area contributed by atoms with Crippen molar-refractivity contribution < 1.29 is 0 Å². The van der Waals surface area contributed by atoms with E-state index in [1.54, 1.807) is 22.9 Å². The van der Waals surface area contributed by atoms with Crippen LogP contribution in [0, 0.1) is 6.92 Å². The number of fused-ring (bicyclic) bond motifs is 6. The van der Waals surface area contributed by atoms with Crippen LogP contribution in [-0.2, 0) is 12.8 Å². The molecule has 2 heterocycles. The first kappa shape index (κ1) is 16.1. The van der Waals surface area contributed by atoms with Crippen molar-refractivity contribution in [2.45, 2.75) is 45.4 Å². The first-order valence-corrected chi connectivity index (χ1v) is 10.4. The van der Waals surface area contributed by atoms with Gasteiger partial charge in [-0.3, -0.25) is 4.99 Å².